The van der Waals surface area contributed by atoms with Crippen molar-refractivity contribution in [1.29, 1.82) is 0 Å². The fourth-order valence-electron chi connectivity index (χ4n) is 1.79. The molecule has 0 spiro atoms. The highest BCUT2D eigenvalue weighted by Crippen LogP contribution is 2.26. The second-order valence-electron chi connectivity index (χ2n) is 4.48. The summed E-state index contributed by atoms with van der Waals surface area (Å²) in [5.74, 6) is -0.470. The molecular formula is C15H13Cl2NO4S. The largest absolute Gasteiger partial charge is 0.462 e. The first-order chi connectivity index (χ1) is 10.8. The van der Waals surface area contributed by atoms with Crippen molar-refractivity contribution >= 4 is 44.9 Å². The molecule has 0 aliphatic heterocycles. The van der Waals surface area contributed by atoms with Crippen molar-refractivity contribution in [2.45, 2.75) is 11.8 Å². The third kappa shape index (κ3) is 4.37. The average Bonchev–Trinajstić information content (AvgIpc) is 2.47. The van der Waals surface area contributed by atoms with Gasteiger partial charge in [-0.1, -0.05) is 23.2 Å². The zero-order valence-corrected chi connectivity index (χ0v) is 14.4. The summed E-state index contributed by atoms with van der Waals surface area (Å²) < 4.78 is 31.9. The Balaban J connectivity index is 2.22. The van der Waals surface area contributed by atoms with Crippen molar-refractivity contribution in [3.05, 3.63) is 58.1 Å². The SMILES string of the molecule is CCOC(=O)c1ccc(NS(=O)(=O)c2ccc(Cl)cc2Cl)cc1. The molecule has 2 aromatic rings. The van der Waals surface area contributed by atoms with Crippen LogP contribution in [0.1, 0.15) is 17.3 Å². The van der Waals surface area contributed by atoms with E-state index < -0.39 is 16.0 Å². The van der Waals surface area contributed by atoms with E-state index in [2.05, 4.69) is 4.72 Å². The van der Waals surface area contributed by atoms with E-state index in [9.17, 15) is 13.2 Å². The number of halogens is 2. The second-order valence-corrected chi connectivity index (χ2v) is 6.97. The van der Waals surface area contributed by atoms with Gasteiger partial charge in [0.25, 0.3) is 10.0 Å². The minimum Gasteiger partial charge on any atom is -0.462 e. The number of carbonyl (C=O) groups is 1. The van der Waals surface area contributed by atoms with Gasteiger partial charge in [0.05, 0.1) is 17.2 Å². The van der Waals surface area contributed by atoms with Crippen LogP contribution >= 0.6 is 23.2 Å². The van der Waals surface area contributed by atoms with Crippen LogP contribution < -0.4 is 4.72 Å². The first-order valence-corrected chi connectivity index (χ1v) is 8.82. The normalized spacial score (nSPS) is 11.1. The molecule has 0 saturated heterocycles. The molecule has 23 heavy (non-hydrogen) atoms. The van der Waals surface area contributed by atoms with Crippen LogP contribution in [-0.4, -0.2) is 21.0 Å². The molecule has 0 saturated carbocycles. The number of hydrogen-bond acceptors (Lipinski definition) is 4. The predicted octanol–water partition coefficient (Wildman–Crippen LogP) is 3.97. The number of hydrogen-bond donors (Lipinski definition) is 1. The summed E-state index contributed by atoms with van der Waals surface area (Å²) in [6.45, 7) is 1.97. The topological polar surface area (TPSA) is 72.5 Å². The van der Waals surface area contributed by atoms with E-state index in [4.69, 9.17) is 27.9 Å². The third-order valence-electron chi connectivity index (χ3n) is 2.83. The van der Waals surface area contributed by atoms with E-state index in [0.29, 0.717) is 16.3 Å². The number of nitrogens with one attached hydrogen (secondary N) is 1. The molecule has 0 atom stereocenters. The summed E-state index contributed by atoms with van der Waals surface area (Å²) in [6, 6.07) is 9.98. The van der Waals surface area contributed by atoms with Gasteiger partial charge in [0.15, 0.2) is 0 Å². The summed E-state index contributed by atoms with van der Waals surface area (Å²) in [6.07, 6.45) is 0. The number of anilines is 1. The summed E-state index contributed by atoms with van der Waals surface area (Å²) in [5.41, 5.74) is 0.628. The van der Waals surface area contributed by atoms with Crippen molar-refractivity contribution in [2.24, 2.45) is 0 Å². The zero-order chi connectivity index (χ0) is 17.0. The van der Waals surface area contributed by atoms with Crippen LogP contribution in [0, 0.1) is 0 Å². The van der Waals surface area contributed by atoms with Crippen LogP contribution in [0.25, 0.3) is 0 Å². The monoisotopic (exact) mass is 373 g/mol. The summed E-state index contributed by atoms with van der Waals surface area (Å²) in [5, 5.41) is 0.362. The van der Waals surface area contributed by atoms with E-state index in [1.807, 2.05) is 0 Å². The first kappa shape index (κ1) is 17.6. The Kier molecular flexibility index (Phi) is 5.51. The number of sulfonamides is 1. The Morgan fingerprint density at radius 1 is 1.13 bits per heavy atom. The molecule has 0 amide bonds. The van der Waals surface area contributed by atoms with Gasteiger partial charge in [0, 0.05) is 10.7 Å². The average molecular weight is 374 g/mol. The molecular weight excluding hydrogens is 361 g/mol. The zero-order valence-electron chi connectivity index (χ0n) is 12.0. The van der Waals surface area contributed by atoms with Crippen LogP contribution in [0.3, 0.4) is 0 Å². The lowest BCUT2D eigenvalue weighted by molar-refractivity contribution is 0.0526. The van der Waals surface area contributed by atoms with E-state index >= 15 is 0 Å². The molecule has 0 aliphatic carbocycles. The fourth-order valence-corrected chi connectivity index (χ4v) is 3.62. The molecule has 0 aromatic heterocycles. The summed E-state index contributed by atoms with van der Waals surface area (Å²) in [7, 11) is -3.86. The maximum Gasteiger partial charge on any atom is 0.338 e. The number of carbonyl (C=O) groups excluding carboxylic acids is 1. The Hall–Kier alpha value is -1.76. The lowest BCUT2D eigenvalue weighted by Crippen LogP contribution is -2.13. The van der Waals surface area contributed by atoms with Gasteiger partial charge >= 0.3 is 5.97 Å². The van der Waals surface area contributed by atoms with Crippen LogP contribution in [0.15, 0.2) is 47.4 Å². The molecule has 5 nitrogen and oxygen atoms in total. The van der Waals surface area contributed by atoms with Gasteiger partial charge in [-0.3, -0.25) is 4.72 Å². The van der Waals surface area contributed by atoms with E-state index in [1.165, 1.54) is 42.5 Å². The van der Waals surface area contributed by atoms with Gasteiger partial charge in [0.2, 0.25) is 0 Å². The van der Waals surface area contributed by atoms with Gasteiger partial charge in [-0.05, 0) is 49.4 Å². The molecule has 0 unspecified atom stereocenters. The standard InChI is InChI=1S/C15H13Cl2NO4S/c1-2-22-15(19)10-3-6-12(7-4-10)18-23(20,21)14-8-5-11(16)9-13(14)17/h3-9,18H,2H2,1H3. The van der Waals surface area contributed by atoms with E-state index in [-0.39, 0.29) is 16.5 Å². The maximum absolute atomic E-state index is 12.3. The Morgan fingerprint density at radius 2 is 1.78 bits per heavy atom. The summed E-state index contributed by atoms with van der Waals surface area (Å²) >= 11 is 11.7. The highest BCUT2D eigenvalue weighted by atomic mass is 35.5. The second kappa shape index (κ2) is 7.21. The first-order valence-electron chi connectivity index (χ1n) is 6.58. The third-order valence-corrected chi connectivity index (χ3v) is 4.93. The number of esters is 1. The molecule has 2 aromatic carbocycles. The van der Waals surface area contributed by atoms with Gasteiger partial charge < -0.3 is 4.74 Å². The van der Waals surface area contributed by atoms with Gasteiger partial charge in [0.1, 0.15) is 4.90 Å². The molecule has 0 aliphatic rings. The molecule has 8 heteroatoms. The molecule has 1 N–H and O–H groups in total. The Bertz CT molecular complexity index is 820. The Morgan fingerprint density at radius 3 is 2.35 bits per heavy atom. The highest BCUT2D eigenvalue weighted by Gasteiger charge is 2.18. The van der Waals surface area contributed by atoms with Gasteiger partial charge in [-0.25, -0.2) is 13.2 Å². The van der Waals surface area contributed by atoms with E-state index in [0.717, 1.165) is 0 Å². The fraction of sp³-hybridized carbons (Fsp3) is 0.133. The number of benzene rings is 2. The van der Waals surface area contributed by atoms with Crippen LogP contribution in [0.5, 0.6) is 0 Å². The lowest BCUT2D eigenvalue weighted by Gasteiger charge is -2.10. The maximum atomic E-state index is 12.3. The van der Waals surface area contributed by atoms with Crippen molar-refractivity contribution in [3.8, 4) is 0 Å². The molecule has 0 bridgehead atoms. The quantitative estimate of drug-likeness (QED) is 0.804. The van der Waals surface area contributed by atoms with Gasteiger partial charge in [-0.2, -0.15) is 0 Å². The minimum atomic E-state index is -3.86. The van der Waals surface area contributed by atoms with Crippen LogP contribution in [0.2, 0.25) is 10.0 Å². The summed E-state index contributed by atoms with van der Waals surface area (Å²) in [4.78, 5) is 11.5. The van der Waals surface area contributed by atoms with Crippen molar-refractivity contribution in [1.82, 2.24) is 0 Å². The lowest BCUT2D eigenvalue weighted by atomic mass is 10.2. The molecule has 0 fully saturated rings. The van der Waals surface area contributed by atoms with Crippen LogP contribution in [-0.2, 0) is 14.8 Å². The molecule has 0 radical (unpaired) electrons. The minimum absolute atomic E-state index is 0.0214. The van der Waals surface area contributed by atoms with Crippen molar-refractivity contribution in [2.75, 3.05) is 11.3 Å². The molecule has 2 rings (SSSR count). The molecule has 122 valence electrons. The Labute approximate surface area is 144 Å². The van der Waals surface area contributed by atoms with Crippen LogP contribution in [0.4, 0.5) is 5.69 Å². The predicted molar refractivity (Wildman–Crippen MR) is 89.7 cm³/mol. The van der Waals surface area contributed by atoms with E-state index in [1.54, 1.807) is 6.92 Å². The van der Waals surface area contributed by atoms with Gasteiger partial charge in [-0.15, -0.1) is 0 Å². The van der Waals surface area contributed by atoms with Crippen molar-refractivity contribution < 1.29 is 17.9 Å². The highest BCUT2D eigenvalue weighted by molar-refractivity contribution is 7.92. The smallest absolute Gasteiger partial charge is 0.338 e. The molecule has 0 heterocycles. The number of ether oxygens (including phenoxy) is 1. The number of rotatable bonds is 5. The van der Waals surface area contributed by atoms with Crippen molar-refractivity contribution in [3.63, 3.8) is 0 Å².